The zero-order valence-electron chi connectivity index (χ0n) is 13.9. The van der Waals surface area contributed by atoms with Crippen LogP contribution in [0.3, 0.4) is 0 Å². The summed E-state index contributed by atoms with van der Waals surface area (Å²) in [5, 5.41) is 3.16. The molecule has 1 fully saturated rings. The summed E-state index contributed by atoms with van der Waals surface area (Å²) in [6.07, 6.45) is 0. The van der Waals surface area contributed by atoms with Crippen LogP contribution < -0.4 is 16.0 Å². The molecule has 1 saturated carbocycles. The quantitative estimate of drug-likeness (QED) is 0.897. The van der Waals surface area contributed by atoms with Crippen molar-refractivity contribution in [2.24, 2.45) is 16.6 Å². The summed E-state index contributed by atoms with van der Waals surface area (Å²) in [4.78, 5) is 14.5. The number of rotatable bonds is 3. The molecule has 1 aromatic carbocycles. The van der Waals surface area contributed by atoms with Gasteiger partial charge in [-0.3, -0.25) is 4.79 Å². The number of carbonyl (C=O) groups is 1. The fourth-order valence-electron chi connectivity index (χ4n) is 3.68. The first-order chi connectivity index (χ1) is 9.58. The molecular weight excluding hydrogens is 262 g/mol. The van der Waals surface area contributed by atoms with E-state index < -0.39 is 0 Å². The first-order valence-electron chi connectivity index (χ1n) is 7.42. The normalized spacial score (nSPS) is 25.9. The second-order valence-electron chi connectivity index (χ2n) is 7.47. The summed E-state index contributed by atoms with van der Waals surface area (Å²) in [5.41, 5.74) is 7.84. The van der Waals surface area contributed by atoms with Crippen LogP contribution in [0.2, 0.25) is 0 Å². The van der Waals surface area contributed by atoms with Crippen LogP contribution in [0.25, 0.3) is 0 Å². The summed E-state index contributed by atoms with van der Waals surface area (Å²) in [7, 11) is 3.96. The van der Waals surface area contributed by atoms with Gasteiger partial charge in [0.25, 0.3) is 5.91 Å². The van der Waals surface area contributed by atoms with Gasteiger partial charge in [0.2, 0.25) is 0 Å². The molecule has 1 aliphatic rings. The Bertz CT molecular complexity index is 515. The lowest BCUT2D eigenvalue weighted by Crippen LogP contribution is -2.76. The monoisotopic (exact) mass is 289 g/mol. The molecule has 1 amide bonds. The van der Waals surface area contributed by atoms with E-state index in [1.807, 2.05) is 43.3 Å². The molecule has 116 valence electrons. The molecule has 0 aromatic heterocycles. The highest BCUT2D eigenvalue weighted by atomic mass is 16.1. The molecule has 0 radical (unpaired) electrons. The predicted octanol–water partition coefficient (Wildman–Crippen LogP) is 2.24. The van der Waals surface area contributed by atoms with Gasteiger partial charge in [-0.1, -0.05) is 27.7 Å². The fourth-order valence-corrected chi connectivity index (χ4v) is 3.68. The Morgan fingerprint density at radius 3 is 2.00 bits per heavy atom. The number of hydrogen-bond acceptors (Lipinski definition) is 3. The van der Waals surface area contributed by atoms with Gasteiger partial charge < -0.3 is 16.0 Å². The van der Waals surface area contributed by atoms with Crippen LogP contribution in [0.5, 0.6) is 0 Å². The van der Waals surface area contributed by atoms with E-state index in [0.29, 0.717) is 5.56 Å². The Hall–Kier alpha value is -1.55. The first kappa shape index (κ1) is 15.8. The third-order valence-electron chi connectivity index (χ3n) is 5.01. The lowest BCUT2D eigenvalue weighted by Gasteiger charge is -2.62. The molecule has 4 nitrogen and oxygen atoms in total. The molecule has 0 heterocycles. The Balaban J connectivity index is 2.12. The average molecular weight is 289 g/mol. The van der Waals surface area contributed by atoms with Crippen molar-refractivity contribution in [2.75, 3.05) is 19.0 Å². The van der Waals surface area contributed by atoms with E-state index >= 15 is 0 Å². The van der Waals surface area contributed by atoms with Crippen molar-refractivity contribution < 1.29 is 4.79 Å². The molecule has 0 atom stereocenters. The SMILES string of the molecule is CN(C)c1ccc(C(=O)NC2C(C)(C)C(N)C2(C)C)cc1. The van der Waals surface area contributed by atoms with Crippen LogP contribution in [-0.2, 0) is 0 Å². The van der Waals surface area contributed by atoms with Crippen molar-refractivity contribution in [2.45, 2.75) is 39.8 Å². The first-order valence-corrected chi connectivity index (χ1v) is 7.42. The minimum Gasteiger partial charge on any atom is -0.378 e. The summed E-state index contributed by atoms with van der Waals surface area (Å²) in [6.45, 7) is 8.46. The zero-order valence-corrected chi connectivity index (χ0v) is 13.9. The largest absolute Gasteiger partial charge is 0.378 e. The van der Waals surface area contributed by atoms with Crippen LogP contribution in [0.4, 0.5) is 5.69 Å². The maximum atomic E-state index is 12.4. The van der Waals surface area contributed by atoms with E-state index in [4.69, 9.17) is 5.73 Å². The number of anilines is 1. The molecule has 21 heavy (non-hydrogen) atoms. The zero-order chi connectivity index (χ0) is 16.0. The van der Waals surface area contributed by atoms with Gasteiger partial charge in [0.05, 0.1) is 0 Å². The summed E-state index contributed by atoms with van der Waals surface area (Å²) in [6, 6.07) is 7.81. The van der Waals surface area contributed by atoms with E-state index in [-0.39, 0.29) is 28.8 Å². The Kier molecular flexibility index (Phi) is 3.79. The van der Waals surface area contributed by atoms with Gasteiger partial charge in [0.1, 0.15) is 0 Å². The van der Waals surface area contributed by atoms with Crippen molar-refractivity contribution in [1.29, 1.82) is 0 Å². The lowest BCUT2D eigenvalue weighted by atomic mass is 9.48. The molecule has 0 aliphatic heterocycles. The number of nitrogens with zero attached hydrogens (tertiary/aromatic N) is 1. The van der Waals surface area contributed by atoms with Crippen LogP contribution in [0.1, 0.15) is 38.1 Å². The number of carbonyl (C=O) groups excluding carboxylic acids is 1. The van der Waals surface area contributed by atoms with Crippen molar-refractivity contribution in [3.8, 4) is 0 Å². The molecule has 0 saturated heterocycles. The molecule has 4 heteroatoms. The molecule has 1 aliphatic carbocycles. The van der Waals surface area contributed by atoms with Crippen molar-refractivity contribution in [3.05, 3.63) is 29.8 Å². The van der Waals surface area contributed by atoms with Crippen molar-refractivity contribution in [1.82, 2.24) is 5.32 Å². The number of benzene rings is 1. The highest BCUT2D eigenvalue weighted by molar-refractivity contribution is 5.95. The smallest absolute Gasteiger partial charge is 0.251 e. The third kappa shape index (κ3) is 2.53. The van der Waals surface area contributed by atoms with Crippen LogP contribution >= 0.6 is 0 Å². The maximum absolute atomic E-state index is 12.4. The standard InChI is InChI=1S/C17H27N3O/c1-16(2)14(18)17(3,4)15(16)19-13(21)11-7-9-12(10-8-11)20(5)6/h7-10,14-15H,18H2,1-6H3,(H,19,21). The van der Waals surface area contributed by atoms with Gasteiger partial charge >= 0.3 is 0 Å². The Labute approximate surface area is 127 Å². The van der Waals surface area contributed by atoms with Gasteiger partial charge in [0.15, 0.2) is 0 Å². The third-order valence-corrected chi connectivity index (χ3v) is 5.01. The van der Waals surface area contributed by atoms with Crippen LogP contribution in [0.15, 0.2) is 24.3 Å². The van der Waals surface area contributed by atoms with Crippen LogP contribution in [0, 0.1) is 10.8 Å². The minimum atomic E-state index is -0.0806. The summed E-state index contributed by atoms with van der Waals surface area (Å²) < 4.78 is 0. The number of nitrogens with one attached hydrogen (secondary N) is 1. The van der Waals surface area contributed by atoms with Gasteiger partial charge in [-0.25, -0.2) is 0 Å². The van der Waals surface area contributed by atoms with Gasteiger partial charge in [-0.15, -0.1) is 0 Å². The second kappa shape index (κ2) is 5.02. The molecule has 0 bridgehead atoms. The molecule has 0 spiro atoms. The van der Waals surface area contributed by atoms with Gasteiger partial charge in [-0.05, 0) is 24.3 Å². The number of hydrogen-bond donors (Lipinski definition) is 2. The molecule has 2 rings (SSSR count). The molecule has 3 N–H and O–H groups in total. The minimum absolute atomic E-state index is 0.0293. The number of amides is 1. The highest BCUT2D eigenvalue weighted by Gasteiger charge is 2.60. The highest BCUT2D eigenvalue weighted by Crippen LogP contribution is 2.52. The van der Waals surface area contributed by atoms with E-state index in [1.54, 1.807) is 0 Å². The summed E-state index contributed by atoms with van der Waals surface area (Å²) >= 11 is 0. The molecular formula is C17H27N3O. The summed E-state index contributed by atoms with van der Waals surface area (Å²) in [5.74, 6) is -0.0293. The second-order valence-corrected chi connectivity index (χ2v) is 7.47. The Morgan fingerprint density at radius 2 is 1.57 bits per heavy atom. The average Bonchev–Trinajstić information content (AvgIpc) is 2.43. The predicted molar refractivity (Wildman–Crippen MR) is 87.6 cm³/mol. The van der Waals surface area contributed by atoms with Gasteiger partial charge in [0, 0.05) is 48.3 Å². The van der Waals surface area contributed by atoms with Crippen molar-refractivity contribution >= 4 is 11.6 Å². The van der Waals surface area contributed by atoms with Crippen molar-refractivity contribution in [3.63, 3.8) is 0 Å². The lowest BCUT2D eigenvalue weighted by molar-refractivity contribution is -0.0663. The van der Waals surface area contributed by atoms with E-state index in [2.05, 4.69) is 33.0 Å². The van der Waals surface area contributed by atoms with Crippen LogP contribution in [-0.4, -0.2) is 32.1 Å². The fraction of sp³-hybridized carbons (Fsp3) is 0.588. The van der Waals surface area contributed by atoms with Gasteiger partial charge in [-0.2, -0.15) is 0 Å². The topological polar surface area (TPSA) is 58.4 Å². The van der Waals surface area contributed by atoms with E-state index in [0.717, 1.165) is 5.69 Å². The van der Waals surface area contributed by atoms with E-state index in [9.17, 15) is 4.79 Å². The maximum Gasteiger partial charge on any atom is 0.251 e. The number of nitrogens with two attached hydrogens (primary N) is 1. The molecule has 0 unspecified atom stereocenters. The molecule has 1 aromatic rings. The Morgan fingerprint density at radius 1 is 1.10 bits per heavy atom. The van der Waals surface area contributed by atoms with E-state index in [1.165, 1.54) is 0 Å².